The van der Waals surface area contributed by atoms with E-state index < -0.39 is 11.7 Å². The standard InChI is InChI=1S/C20H30N2O4/c1-15(23)16-10-12-17(13-11-16)22-18(24)9-7-5-6-8-14-21-19(25)26-20(2,3)4/h10-13H,5-9,14H2,1-4H3,(H,21,25)(H,22,24). The van der Waals surface area contributed by atoms with Gasteiger partial charge in [0.05, 0.1) is 0 Å². The number of hydrogen-bond acceptors (Lipinski definition) is 4. The Hall–Kier alpha value is -2.37. The van der Waals surface area contributed by atoms with Crippen molar-refractivity contribution in [1.29, 1.82) is 0 Å². The summed E-state index contributed by atoms with van der Waals surface area (Å²) in [6.45, 7) is 7.57. The van der Waals surface area contributed by atoms with Gasteiger partial charge in [0.25, 0.3) is 0 Å². The van der Waals surface area contributed by atoms with Gasteiger partial charge in [-0.15, -0.1) is 0 Å². The zero-order valence-corrected chi connectivity index (χ0v) is 16.2. The van der Waals surface area contributed by atoms with Crippen LogP contribution in [0.4, 0.5) is 10.5 Å². The molecule has 0 fully saturated rings. The van der Waals surface area contributed by atoms with Gasteiger partial charge >= 0.3 is 6.09 Å². The van der Waals surface area contributed by atoms with E-state index in [4.69, 9.17) is 4.74 Å². The van der Waals surface area contributed by atoms with Gasteiger partial charge in [-0.2, -0.15) is 0 Å². The van der Waals surface area contributed by atoms with Crippen LogP contribution in [0.3, 0.4) is 0 Å². The molecule has 0 aliphatic rings. The van der Waals surface area contributed by atoms with E-state index in [-0.39, 0.29) is 11.7 Å². The summed E-state index contributed by atoms with van der Waals surface area (Å²) in [4.78, 5) is 34.6. The SMILES string of the molecule is CC(=O)c1ccc(NC(=O)CCCCCCNC(=O)OC(C)(C)C)cc1. The maximum Gasteiger partial charge on any atom is 0.407 e. The number of Topliss-reactive ketones (excluding diaryl/α,β-unsaturated/α-hetero) is 1. The first-order valence-corrected chi connectivity index (χ1v) is 9.05. The number of nitrogens with one attached hydrogen (secondary N) is 2. The van der Waals surface area contributed by atoms with Crippen molar-refractivity contribution in [2.75, 3.05) is 11.9 Å². The molecule has 0 atom stereocenters. The van der Waals surface area contributed by atoms with E-state index >= 15 is 0 Å². The van der Waals surface area contributed by atoms with E-state index in [1.165, 1.54) is 6.92 Å². The second kappa shape index (κ2) is 10.6. The summed E-state index contributed by atoms with van der Waals surface area (Å²) in [5, 5.41) is 5.54. The zero-order chi connectivity index (χ0) is 19.6. The molecule has 0 aliphatic carbocycles. The molecule has 144 valence electrons. The molecular weight excluding hydrogens is 332 g/mol. The number of hydrogen-bond donors (Lipinski definition) is 2. The highest BCUT2D eigenvalue weighted by molar-refractivity contribution is 5.95. The van der Waals surface area contributed by atoms with Crippen molar-refractivity contribution >= 4 is 23.5 Å². The summed E-state index contributed by atoms with van der Waals surface area (Å²) in [5.74, 6) is -0.0310. The first kappa shape index (κ1) is 21.7. The lowest BCUT2D eigenvalue weighted by Gasteiger charge is -2.19. The smallest absolute Gasteiger partial charge is 0.407 e. The minimum Gasteiger partial charge on any atom is -0.444 e. The van der Waals surface area contributed by atoms with Crippen molar-refractivity contribution in [2.24, 2.45) is 0 Å². The van der Waals surface area contributed by atoms with Crippen LogP contribution in [0.2, 0.25) is 0 Å². The van der Waals surface area contributed by atoms with Crippen LogP contribution in [0, 0.1) is 0 Å². The fourth-order valence-corrected chi connectivity index (χ4v) is 2.28. The number of benzene rings is 1. The Kier molecular flexibility index (Phi) is 8.82. The van der Waals surface area contributed by atoms with Crippen LogP contribution in [-0.4, -0.2) is 29.9 Å². The molecule has 0 heterocycles. The molecule has 1 rings (SSSR count). The van der Waals surface area contributed by atoms with Gasteiger partial charge in [0.15, 0.2) is 5.78 Å². The third-order valence-electron chi connectivity index (χ3n) is 3.57. The maximum atomic E-state index is 11.9. The highest BCUT2D eigenvalue weighted by Gasteiger charge is 2.15. The number of amides is 2. The van der Waals surface area contributed by atoms with Crippen LogP contribution in [0.5, 0.6) is 0 Å². The molecule has 0 aliphatic heterocycles. The summed E-state index contributed by atoms with van der Waals surface area (Å²) in [6, 6.07) is 6.87. The van der Waals surface area contributed by atoms with Gasteiger partial charge < -0.3 is 15.4 Å². The Morgan fingerprint density at radius 3 is 2.15 bits per heavy atom. The van der Waals surface area contributed by atoms with Crippen LogP contribution in [0.1, 0.15) is 70.2 Å². The van der Waals surface area contributed by atoms with Gasteiger partial charge in [0, 0.05) is 24.2 Å². The Morgan fingerprint density at radius 2 is 1.58 bits per heavy atom. The first-order valence-electron chi connectivity index (χ1n) is 9.05. The number of rotatable bonds is 9. The van der Waals surface area contributed by atoms with Gasteiger partial charge in [-0.1, -0.05) is 12.8 Å². The molecule has 2 amide bonds. The van der Waals surface area contributed by atoms with E-state index in [0.29, 0.717) is 24.2 Å². The first-order chi connectivity index (χ1) is 12.2. The molecule has 0 spiro atoms. The van der Waals surface area contributed by atoms with Gasteiger partial charge in [-0.25, -0.2) is 4.79 Å². The third-order valence-corrected chi connectivity index (χ3v) is 3.57. The fourth-order valence-electron chi connectivity index (χ4n) is 2.28. The highest BCUT2D eigenvalue weighted by Crippen LogP contribution is 2.11. The number of anilines is 1. The van der Waals surface area contributed by atoms with Crippen molar-refractivity contribution in [1.82, 2.24) is 5.32 Å². The minimum absolute atomic E-state index is 0.00374. The fraction of sp³-hybridized carbons (Fsp3) is 0.550. The van der Waals surface area contributed by atoms with Crippen LogP contribution in [-0.2, 0) is 9.53 Å². The normalized spacial score (nSPS) is 10.9. The minimum atomic E-state index is -0.482. The molecule has 0 saturated carbocycles. The molecule has 2 N–H and O–H groups in total. The Balaban J connectivity index is 2.09. The summed E-state index contributed by atoms with van der Waals surface area (Å²) < 4.78 is 5.15. The van der Waals surface area contributed by atoms with Crippen LogP contribution < -0.4 is 10.6 Å². The summed E-state index contributed by atoms with van der Waals surface area (Å²) >= 11 is 0. The van der Waals surface area contributed by atoms with Gasteiger partial charge in [0.2, 0.25) is 5.91 Å². The molecular formula is C20H30N2O4. The largest absolute Gasteiger partial charge is 0.444 e. The molecule has 0 aromatic heterocycles. The Bertz CT molecular complexity index is 603. The van der Waals surface area contributed by atoms with Crippen molar-refractivity contribution in [3.05, 3.63) is 29.8 Å². The lowest BCUT2D eigenvalue weighted by atomic mass is 10.1. The van der Waals surface area contributed by atoms with E-state index in [0.717, 1.165) is 25.7 Å². The van der Waals surface area contributed by atoms with Crippen LogP contribution in [0.25, 0.3) is 0 Å². The predicted molar refractivity (Wildman–Crippen MR) is 102 cm³/mol. The van der Waals surface area contributed by atoms with E-state index in [1.54, 1.807) is 24.3 Å². The number of unbranched alkanes of at least 4 members (excludes halogenated alkanes) is 3. The number of alkyl carbamates (subject to hydrolysis) is 1. The van der Waals surface area contributed by atoms with E-state index in [2.05, 4.69) is 10.6 Å². The quantitative estimate of drug-likeness (QED) is 0.506. The van der Waals surface area contributed by atoms with Crippen molar-refractivity contribution in [3.8, 4) is 0 Å². The van der Waals surface area contributed by atoms with Gasteiger partial charge in [0.1, 0.15) is 5.60 Å². The number of ether oxygens (including phenoxy) is 1. The predicted octanol–water partition coefficient (Wildman–Crippen LogP) is 4.30. The lowest BCUT2D eigenvalue weighted by Crippen LogP contribution is -2.32. The highest BCUT2D eigenvalue weighted by atomic mass is 16.6. The second-order valence-electron chi connectivity index (χ2n) is 7.27. The van der Waals surface area contributed by atoms with Crippen molar-refractivity contribution in [2.45, 2.75) is 65.4 Å². The average molecular weight is 362 g/mol. The van der Waals surface area contributed by atoms with E-state index in [1.807, 2.05) is 20.8 Å². The molecule has 0 bridgehead atoms. The summed E-state index contributed by atoms with van der Waals surface area (Å²) in [5.41, 5.74) is 0.841. The third kappa shape index (κ3) is 9.81. The van der Waals surface area contributed by atoms with Crippen LogP contribution >= 0.6 is 0 Å². The number of carbonyl (C=O) groups is 3. The number of carbonyl (C=O) groups excluding carboxylic acids is 3. The monoisotopic (exact) mass is 362 g/mol. The summed E-state index contributed by atoms with van der Waals surface area (Å²) in [7, 11) is 0. The zero-order valence-electron chi connectivity index (χ0n) is 16.2. The van der Waals surface area contributed by atoms with Crippen LogP contribution in [0.15, 0.2) is 24.3 Å². The molecule has 1 aromatic carbocycles. The molecule has 26 heavy (non-hydrogen) atoms. The topological polar surface area (TPSA) is 84.5 Å². The van der Waals surface area contributed by atoms with Crippen molar-refractivity contribution in [3.63, 3.8) is 0 Å². The van der Waals surface area contributed by atoms with Gasteiger partial charge in [-0.05, 0) is 64.8 Å². The Labute approximate surface area is 155 Å². The molecule has 6 heteroatoms. The second-order valence-corrected chi connectivity index (χ2v) is 7.27. The lowest BCUT2D eigenvalue weighted by molar-refractivity contribution is -0.116. The maximum absolute atomic E-state index is 11.9. The molecule has 0 saturated heterocycles. The molecule has 1 aromatic rings. The molecule has 0 unspecified atom stereocenters. The molecule has 0 radical (unpaired) electrons. The summed E-state index contributed by atoms with van der Waals surface area (Å²) in [6.07, 6.45) is 3.57. The van der Waals surface area contributed by atoms with Gasteiger partial charge in [-0.3, -0.25) is 9.59 Å². The van der Waals surface area contributed by atoms with Crippen molar-refractivity contribution < 1.29 is 19.1 Å². The number of ketones is 1. The molecule has 6 nitrogen and oxygen atoms in total. The Morgan fingerprint density at radius 1 is 0.962 bits per heavy atom. The average Bonchev–Trinajstić information content (AvgIpc) is 2.52. The van der Waals surface area contributed by atoms with E-state index in [9.17, 15) is 14.4 Å².